The second-order valence-corrected chi connectivity index (χ2v) is 9.34. The van der Waals surface area contributed by atoms with Crippen molar-refractivity contribution in [3.8, 4) is 11.1 Å². The first-order valence-electron chi connectivity index (χ1n) is 11.7. The fourth-order valence-electron chi connectivity index (χ4n) is 5.10. The topological polar surface area (TPSA) is 74.0 Å². The molecule has 182 valence electrons. The van der Waals surface area contributed by atoms with Gasteiger partial charge >= 0.3 is 6.18 Å². The number of piperidine rings is 1. The fraction of sp³-hybridized carbons (Fsp3) is 0.400. The summed E-state index contributed by atoms with van der Waals surface area (Å²) in [7, 11) is 0. The van der Waals surface area contributed by atoms with Gasteiger partial charge in [-0.1, -0.05) is 6.07 Å². The minimum Gasteiger partial charge on any atom is -0.349 e. The zero-order valence-electron chi connectivity index (χ0n) is 19.3. The van der Waals surface area contributed by atoms with Crippen LogP contribution in [-0.4, -0.2) is 44.9 Å². The molecule has 1 atom stereocenters. The summed E-state index contributed by atoms with van der Waals surface area (Å²) >= 11 is 0. The maximum atomic E-state index is 13.0. The van der Waals surface area contributed by atoms with E-state index in [1.54, 1.807) is 6.20 Å². The molecule has 0 aliphatic carbocycles. The van der Waals surface area contributed by atoms with Gasteiger partial charge in [0.25, 0.3) is 0 Å². The smallest absolute Gasteiger partial charge is 0.349 e. The summed E-state index contributed by atoms with van der Waals surface area (Å²) in [4.78, 5) is 26.8. The number of anilines is 3. The molecule has 3 aromatic rings. The Labute approximate surface area is 201 Å². The molecular formula is C25H26F3N6O+. The van der Waals surface area contributed by atoms with Crippen LogP contribution in [0.15, 0.2) is 48.8 Å². The van der Waals surface area contributed by atoms with Crippen molar-refractivity contribution in [2.24, 2.45) is 0 Å². The maximum absolute atomic E-state index is 13.0. The number of nitroso groups, excluding NO2 is 1. The predicted molar refractivity (Wildman–Crippen MR) is 127 cm³/mol. The molecule has 0 bridgehead atoms. The monoisotopic (exact) mass is 483 g/mol. The van der Waals surface area contributed by atoms with E-state index in [2.05, 4.69) is 25.2 Å². The molecule has 2 saturated heterocycles. The summed E-state index contributed by atoms with van der Waals surface area (Å²) in [6.45, 7) is 4.08. The van der Waals surface area contributed by atoms with Crippen LogP contribution in [0.25, 0.3) is 11.1 Å². The molecule has 1 spiro atoms. The second-order valence-electron chi connectivity index (χ2n) is 9.34. The van der Waals surface area contributed by atoms with Gasteiger partial charge in [0.1, 0.15) is 11.5 Å². The number of pyridine rings is 1. The lowest BCUT2D eigenvalue weighted by Gasteiger charge is -2.35. The highest BCUT2D eigenvalue weighted by Crippen LogP contribution is 2.36. The molecule has 35 heavy (non-hydrogen) atoms. The van der Waals surface area contributed by atoms with Gasteiger partial charge < -0.3 is 10.2 Å². The zero-order valence-corrected chi connectivity index (χ0v) is 19.3. The lowest BCUT2D eigenvalue weighted by Crippen LogP contribution is -2.51. The van der Waals surface area contributed by atoms with Gasteiger partial charge in [0, 0.05) is 59.1 Å². The van der Waals surface area contributed by atoms with Crippen molar-refractivity contribution in [1.82, 2.24) is 15.0 Å². The van der Waals surface area contributed by atoms with E-state index in [1.807, 2.05) is 37.3 Å². The van der Waals surface area contributed by atoms with Crippen LogP contribution in [0, 0.1) is 11.8 Å². The van der Waals surface area contributed by atoms with Crippen LogP contribution in [0.2, 0.25) is 0 Å². The number of benzene rings is 1. The van der Waals surface area contributed by atoms with E-state index in [4.69, 9.17) is 0 Å². The SMILES string of the molecule is Cc1cc(Nc2nccc(C(F)(F)F)n2)cc(-c2ccc(N3CCCC4(CCC[N+]4=O)C3)nc2)c1. The van der Waals surface area contributed by atoms with Crippen LogP contribution in [0.5, 0.6) is 0 Å². The Kier molecular flexibility index (Phi) is 5.90. The Morgan fingerprint density at radius 1 is 1.06 bits per heavy atom. The third kappa shape index (κ3) is 4.82. The molecule has 1 N–H and O–H groups in total. The Morgan fingerprint density at radius 2 is 1.89 bits per heavy atom. The molecule has 0 saturated carbocycles. The molecule has 7 nitrogen and oxygen atoms in total. The van der Waals surface area contributed by atoms with Crippen molar-refractivity contribution in [2.75, 3.05) is 29.9 Å². The van der Waals surface area contributed by atoms with Gasteiger partial charge in [-0.2, -0.15) is 13.2 Å². The highest BCUT2D eigenvalue weighted by atomic mass is 19.4. The molecule has 1 unspecified atom stereocenters. The van der Waals surface area contributed by atoms with Crippen LogP contribution in [0.4, 0.5) is 30.6 Å². The van der Waals surface area contributed by atoms with E-state index < -0.39 is 11.9 Å². The van der Waals surface area contributed by atoms with E-state index in [0.29, 0.717) is 18.8 Å². The summed E-state index contributed by atoms with van der Waals surface area (Å²) in [5, 5.41) is 2.88. The lowest BCUT2D eigenvalue weighted by atomic mass is 9.87. The van der Waals surface area contributed by atoms with Gasteiger partial charge in [-0.3, -0.25) is 0 Å². The first-order valence-corrected chi connectivity index (χ1v) is 11.7. The Balaban J connectivity index is 1.35. The number of nitrogens with one attached hydrogen (secondary N) is 1. The Morgan fingerprint density at radius 3 is 2.60 bits per heavy atom. The summed E-state index contributed by atoms with van der Waals surface area (Å²) in [5.74, 6) is 0.722. The van der Waals surface area contributed by atoms with Gasteiger partial charge in [-0.05, 0) is 54.8 Å². The van der Waals surface area contributed by atoms with Crippen molar-refractivity contribution in [3.05, 3.63) is 65.0 Å². The van der Waals surface area contributed by atoms with Crippen molar-refractivity contribution in [2.45, 2.75) is 44.3 Å². The fourth-order valence-corrected chi connectivity index (χ4v) is 5.10. The van der Waals surface area contributed by atoms with Gasteiger partial charge in [-0.15, -0.1) is 0 Å². The Hall–Kier alpha value is -3.56. The minimum absolute atomic E-state index is 0.122. The molecule has 5 rings (SSSR count). The zero-order chi connectivity index (χ0) is 24.6. The van der Waals surface area contributed by atoms with E-state index in [-0.39, 0.29) is 11.5 Å². The standard InChI is InChI=1S/C25H26F3N6O/c1-17-12-19(14-20(13-17)31-23-29-9-6-21(32-23)25(26,27)28)18-4-5-22(30-15-18)33-10-2-7-24(16-33)8-3-11-34(24)35/h4-6,9,12-15H,2-3,7-8,10-11,16H2,1H3,(H,29,31,32)/q+1. The number of aromatic nitrogens is 3. The molecule has 2 aromatic heterocycles. The molecule has 1 aromatic carbocycles. The van der Waals surface area contributed by atoms with Crippen LogP contribution in [0.3, 0.4) is 0 Å². The average molecular weight is 484 g/mol. The van der Waals surface area contributed by atoms with Gasteiger partial charge in [0.05, 0.1) is 6.54 Å². The molecule has 4 heterocycles. The summed E-state index contributed by atoms with van der Waals surface area (Å²) in [6, 6.07) is 10.4. The van der Waals surface area contributed by atoms with Crippen LogP contribution in [-0.2, 0) is 6.18 Å². The van der Waals surface area contributed by atoms with Gasteiger partial charge in [0.2, 0.25) is 11.5 Å². The predicted octanol–water partition coefficient (Wildman–Crippen LogP) is 5.52. The third-order valence-electron chi connectivity index (χ3n) is 6.77. The first kappa shape index (κ1) is 23.2. The quantitative estimate of drug-likeness (QED) is 0.493. The van der Waals surface area contributed by atoms with Crippen LogP contribution < -0.4 is 10.2 Å². The lowest BCUT2D eigenvalue weighted by molar-refractivity contribution is -0.605. The van der Waals surface area contributed by atoms with Crippen molar-refractivity contribution in [3.63, 3.8) is 0 Å². The van der Waals surface area contributed by atoms with E-state index in [0.717, 1.165) is 67.0 Å². The summed E-state index contributed by atoms with van der Waals surface area (Å²) in [6.07, 6.45) is 2.10. The second kappa shape index (κ2) is 8.90. The number of halogens is 3. The van der Waals surface area contributed by atoms with Crippen LogP contribution >= 0.6 is 0 Å². The molecule has 2 fully saturated rings. The highest BCUT2D eigenvalue weighted by molar-refractivity contribution is 5.71. The number of hydrogen-bond donors (Lipinski definition) is 1. The maximum Gasteiger partial charge on any atom is 0.433 e. The van der Waals surface area contributed by atoms with Crippen molar-refractivity contribution >= 4 is 17.5 Å². The molecule has 2 aliphatic heterocycles. The first-order chi connectivity index (χ1) is 16.7. The number of rotatable bonds is 4. The van der Waals surface area contributed by atoms with Gasteiger partial charge in [-0.25, -0.2) is 15.0 Å². The molecule has 0 radical (unpaired) electrons. The highest BCUT2D eigenvalue weighted by Gasteiger charge is 2.52. The van der Waals surface area contributed by atoms with E-state index in [1.165, 1.54) is 4.76 Å². The van der Waals surface area contributed by atoms with E-state index >= 15 is 0 Å². The summed E-state index contributed by atoms with van der Waals surface area (Å²) in [5.41, 5.74) is 1.97. The molecule has 0 amide bonds. The summed E-state index contributed by atoms with van der Waals surface area (Å²) < 4.78 is 40.2. The minimum atomic E-state index is -4.54. The Bertz CT molecular complexity index is 1250. The van der Waals surface area contributed by atoms with Crippen LogP contribution in [0.1, 0.15) is 36.9 Å². The molecular weight excluding hydrogens is 457 g/mol. The average Bonchev–Trinajstić information content (AvgIpc) is 3.17. The van der Waals surface area contributed by atoms with Gasteiger partial charge in [0.15, 0.2) is 6.54 Å². The molecule has 2 aliphatic rings. The van der Waals surface area contributed by atoms with E-state index in [9.17, 15) is 18.1 Å². The molecule has 10 heteroatoms. The number of nitrogens with zero attached hydrogens (tertiary/aromatic N) is 5. The van der Waals surface area contributed by atoms with Crippen molar-refractivity contribution in [1.29, 1.82) is 0 Å². The third-order valence-corrected chi connectivity index (χ3v) is 6.77. The number of alkyl halides is 3. The largest absolute Gasteiger partial charge is 0.433 e. The number of aryl methyl sites for hydroxylation is 1. The number of hydrogen-bond acceptors (Lipinski definition) is 6. The van der Waals surface area contributed by atoms with Crippen molar-refractivity contribution < 1.29 is 17.9 Å². The normalized spacial score (nSPS) is 20.5.